The van der Waals surface area contributed by atoms with Crippen molar-refractivity contribution >= 4 is 27.5 Å². The van der Waals surface area contributed by atoms with Gasteiger partial charge in [0.25, 0.3) is 0 Å². The Balaban J connectivity index is 2.31. The smallest absolute Gasteiger partial charge is 0.124 e. The van der Waals surface area contributed by atoms with Gasteiger partial charge in [0.15, 0.2) is 0 Å². The van der Waals surface area contributed by atoms with Crippen LogP contribution < -0.4 is 5.32 Å². The minimum Gasteiger partial charge on any atom is -0.313 e. The summed E-state index contributed by atoms with van der Waals surface area (Å²) >= 11 is 9.60. The standard InChI is InChI=1S/C16H16BrClFN/c1-10-13(4-3-5-15(10)18)16(20-2)8-11-6-7-12(19)9-14(11)17/h3-7,9,16,20H,8H2,1-2H3. The lowest BCUT2D eigenvalue weighted by Gasteiger charge is -2.20. The van der Waals surface area contributed by atoms with Crippen LogP contribution in [-0.4, -0.2) is 7.05 Å². The molecule has 1 N–H and O–H groups in total. The first-order valence-corrected chi connectivity index (χ1v) is 7.56. The molecule has 1 nitrogen and oxygen atoms in total. The third kappa shape index (κ3) is 3.40. The summed E-state index contributed by atoms with van der Waals surface area (Å²) in [5.74, 6) is -0.236. The van der Waals surface area contributed by atoms with Gasteiger partial charge in [-0.2, -0.15) is 0 Å². The molecule has 0 aromatic heterocycles. The molecule has 2 aromatic rings. The zero-order chi connectivity index (χ0) is 14.7. The Morgan fingerprint density at radius 3 is 2.70 bits per heavy atom. The maximum absolute atomic E-state index is 13.1. The Morgan fingerprint density at radius 2 is 2.05 bits per heavy atom. The predicted molar refractivity (Wildman–Crippen MR) is 85.8 cm³/mol. The van der Waals surface area contributed by atoms with Gasteiger partial charge >= 0.3 is 0 Å². The van der Waals surface area contributed by atoms with Crippen molar-refractivity contribution in [2.24, 2.45) is 0 Å². The largest absolute Gasteiger partial charge is 0.313 e. The summed E-state index contributed by atoms with van der Waals surface area (Å²) < 4.78 is 13.9. The third-order valence-corrected chi connectivity index (χ3v) is 4.62. The maximum Gasteiger partial charge on any atom is 0.124 e. The second-order valence-electron chi connectivity index (χ2n) is 4.74. The second kappa shape index (κ2) is 6.70. The van der Waals surface area contributed by atoms with E-state index in [1.165, 1.54) is 12.1 Å². The van der Waals surface area contributed by atoms with Crippen LogP contribution in [0.1, 0.15) is 22.7 Å². The fraction of sp³-hybridized carbons (Fsp3) is 0.250. The van der Waals surface area contributed by atoms with Crippen LogP contribution in [0.4, 0.5) is 4.39 Å². The van der Waals surface area contributed by atoms with E-state index in [0.29, 0.717) is 0 Å². The zero-order valence-corrected chi connectivity index (χ0v) is 13.7. The van der Waals surface area contributed by atoms with Crippen LogP contribution in [0.2, 0.25) is 5.02 Å². The Labute approximate surface area is 132 Å². The van der Waals surface area contributed by atoms with Crippen molar-refractivity contribution < 1.29 is 4.39 Å². The summed E-state index contributed by atoms with van der Waals surface area (Å²) in [6.45, 7) is 2.02. The SMILES string of the molecule is CNC(Cc1ccc(F)cc1Br)c1cccc(Cl)c1C. The summed E-state index contributed by atoms with van der Waals surface area (Å²) in [6, 6.07) is 10.8. The highest BCUT2D eigenvalue weighted by atomic mass is 79.9. The van der Waals surface area contributed by atoms with Gasteiger partial charge in [-0.3, -0.25) is 0 Å². The highest BCUT2D eigenvalue weighted by Crippen LogP contribution is 2.28. The van der Waals surface area contributed by atoms with E-state index in [1.54, 1.807) is 0 Å². The summed E-state index contributed by atoms with van der Waals surface area (Å²) in [5.41, 5.74) is 3.30. The molecule has 1 unspecified atom stereocenters. The molecular formula is C16H16BrClFN. The van der Waals surface area contributed by atoms with Crippen LogP contribution in [0.5, 0.6) is 0 Å². The van der Waals surface area contributed by atoms with Gasteiger partial charge in [0.05, 0.1) is 0 Å². The van der Waals surface area contributed by atoms with Gasteiger partial charge in [-0.1, -0.05) is 45.7 Å². The molecule has 1 atom stereocenters. The molecule has 0 heterocycles. The van der Waals surface area contributed by atoms with Crippen molar-refractivity contribution in [1.29, 1.82) is 0 Å². The summed E-state index contributed by atoms with van der Waals surface area (Å²) in [5, 5.41) is 4.07. The van der Waals surface area contributed by atoms with E-state index < -0.39 is 0 Å². The summed E-state index contributed by atoms with van der Waals surface area (Å²) in [4.78, 5) is 0. The van der Waals surface area contributed by atoms with Crippen LogP contribution in [0, 0.1) is 12.7 Å². The average molecular weight is 357 g/mol. The van der Waals surface area contributed by atoms with Gasteiger partial charge in [0.1, 0.15) is 5.82 Å². The van der Waals surface area contributed by atoms with Gasteiger partial charge in [0, 0.05) is 15.5 Å². The van der Waals surface area contributed by atoms with Gasteiger partial charge in [0.2, 0.25) is 0 Å². The Kier molecular flexibility index (Phi) is 5.19. The first-order chi connectivity index (χ1) is 9.52. The van der Waals surface area contributed by atoms with Crippen molar-refractivity contribution in [3.8, 4) is 0 Å². The molecule has 0 aliphatic rings. The third-order valence-electron chi connectivity index (χ3n) is 3.47. The molecule has 0 bridgehead atoms. The van der Waals surface area contributed by atoms with E-state index in [9.17, 15) is 4.39 Å². The molecule has 0 amide bonds. The first kappa shape index (κ1) is 15.5. The van der Waals surface area contributed by atoms with Crippen molar-refractivity contribution in [2.75, 3.05) is 7.05 Å². The molecule has 2 aromatic carbocycles. The second-order valence-corrected chi connectivity index (χ2v) is 6.00. The lowest BCUT2D eigenvalue weighted by molar-refractivity contribution is 0.584. The number of rotatable bonds is 4. The van der Waals surface area contributed by atoms with E-state index in [4.69, 9.17) is 11.6 Å². The Hall–Kier alpha value is -0.900. The summed E-state index contributed by atoms with van der Waals surface area (Å²) in [7, 11) is 1.92. The lowest BCUT2D eigenvalue weighted by Crippen LogP contribution is -2.20. The van der Waals surface area contributed by atoms with Crippen molar-refractivity contribution in [3.63, 3.8) is 0 Å². The van der Waals surface area contributed by atoms with E-state index in [0.717, 1.165) is 32.6 Å². The molecule has 0 aliphatic heterocycles. The fourth-order valence-corrected chi connectivity index (χ4v) is 2.97. The van der Waals surface area contributed by atoms with Crippen LogP contribution in [0.15, 0.2) is 40.9 Å². The highest BCUT2D eigenvalue weighted by molar-refractivity contribution is 9.10. The van der Waals surface area contributed by atoms with E-state index in [1.807, 2.05) is 32.2 Å². The zero-order valence-electron chi connectivity index (χ0n) is 11.4. The molecule has 0 radical (unpaired) electrons. The quantitative estimate of drug-likeness (QED) is 0.808. The molecule has 0 spiro atoms. The lowest BCUT2D eigenvalue weighted by atomic mass is 9.95. The number of nitrogens with one attached hydrogen (secondary N) is 1. The summed E-state index contributed by atoms with van der Waals surface area (Å²) in [6.07, 6.45) is 0.762. The molecule has 0 saturated carbocycles. The van der Waals surface area contributed by atoms with Gasteiger partial charge < -0.3 is 5.32 Å². The van der Waals surface area contributed by atoms with E-state index >= 15 is 0 Å². The minimum absolute atomic E-state index is 0.135. The molecular weight excluding hydrogens is 341 g/mol. The molecule has 2 rings (SSSR count). The van der Waals surface area contributed by atoms with E-state index in [2.05, 4.69) is 27.3 Å². The number of hydrogen-bond acceptors (Lipinski definition) is 1. The Morgan fingerprint density at radius 1 is 1.30 bits per heavy atom. The van der Waals surface area contributed by atoms with Crippen LogP contribution in [-0.2, 0) is 6.42 Å². The number of halogens is 3. The van der Waals surface area contributed by atoms with Crippen molar-refractivity contribution in [3.05, 3.63) is 68.4 Å². The van der Waals surface area contributed by atoms with E-state index in [-0.39, 0.29) is 11.9 Å². The molecule has 0 fully saturated rings. The monoisotopic (exact) mass is 355 g/mol. The number of hydrogen-bond donors (Lipinski definition) is 1. The number of benzene rings is 2. The molecule has 20 heavy (non-hydrogen) atoms. The normalized spacial score (nSPS) is 12.4. The van der Waals surface area contributed by atoms with Crippen LogP contribution in [0.25, 0.3) is 0 Å². The molecule has 0 aliphatic carbocycles. The molecule has 4 heteroatoms. The van der Waals surface area contributed by atoms with Crippen molar-refractivity contribution in [1.82, 2.24) is 5.32 Å². The minimum atomic E-state index is -0.236. The van der Waals surface area contributed by atoms with Crippen LogP contribution >= 0.6 is 27.5 Å². The van der Waals surface area contributed by atoms with Crippen molar-refractivity contribution in [2.45, 2.75) is 19.4 Å². The highest BCUT2D eigenvalue weighted by Gasteiger charge is 2.15. The average Bonchev–Trinajstić information content (AvgIpc) is 2.42. The maximum atomic E-state index is 13.1. The fourth-order valence-electron chi connectivity index (χ4n) is 2.28. The van der Waals surface area contributed by atoms with Gasteiger partial charge in [-0.05, 0) is 55.3 Å². The number of likely N-dealkylation sites (N-methyl/N-ethyl adjacent to an activating group) is 1. The molecule has 0 saturated heterocycles. The Bertz CT molecular complexity index is 615. The van der Waals surface area contributed by atoms with Crippen LogP contribution in [0.3, 0.4) is 0 Å². The topological polar surface area (TPSA) is 12.0 Å². The molecule has 106 valence electrons. The van der Waals surface area contributed by atoms with Gasteiger partial charge in [-0.25, -0.2) is 4.39 Å². The first-order valence-electron chi connectivity index (χ1n) is 6.39. The van der Waals surface area contributed by atoms with Gasteiger partial charge in [-0.15, -0.1) is 0 Å². The predicted octanol–water partition coefficient (Wildman–Crippen LogP) is 5.05.